The number of hydrogen-bond donors (Lipinski definition) is 2. The number of piperidine rings is 1. The predicted octanol–water partition coefficient (Wildman–Crippen LogP) is 2.48. The SMILES string of the molecule is CC(C)NC(=O)NC[C@@H]1CCCN(Cc2ccccc2C#N)C1. The fourth-order valence-electron chi connectivity index (χ4n) is 3.02. The predicted molar refractivity (Wildman–Crippen MR) is 90.8 cm³/mol. The van der Waals surface area contributed by atoms with E-state index in [-0.39, 0.29) is 12.1 Å². The van der Waals surface area contributed by atoms with Gasteiger partial charge in [0.05, 0.1) is 11.6 Å². The Morgan fingerprint density at radius 1 is 1.43 bits per heavy atom. The van der Waals surface area contributed by atoms with Gasteiger partial charge in [0.1, 0.15) is 0 Å². The number of carbonyl (C=O) groups excluding carboxylic acids is 1. The van der Waals surface area contributed by atoms with E-state index in [0.717, 1.165) is 43.6 Å². The quantitative estimate of drug-likeness (QED) is 0.877. The molecule has 1 aromatic rings. The molecular formula is C18H26N4O. The van der Waals surface area contributed by atoms with Crippen molar-refractivity contribution in [3.8, 4) is 6.07 Å². The normalized spacial score (nSPS) is 18.4. The summed E-state index contributed by atoms with van der Waals surface area (Å²) in [6, 6.07) is 10.1. The zero-order valence-corrected chi connectivity index (χ0v) is 14.0. The maximum atomic E-state index is 11.7. The number of nitriles is 1. The Hall–Kier alpha value is -2.06. The standard InChI is InChI=1S/C18H26N4O/c1-14(2)21-18(23)20-11-15-6-5-9-22(12-15)13-17-8-4-3-7-16(17)10-19/h3-4,7-8,14-15H,5-6,9,11-13H2,1-2H3,(H2,20,21,23)/t15-/m0/s1. The zero-order chi connectivity index (χ0) is 16.7. The molecule has 0 bridgehead atoms. The van der Waals surface area contributed by atoms with E-state index in [0.29, 0.717) is 12.5 Å². The topological polar surface area (TPSA) is 68.2 Å². The maximum Gasteiger partial charge on any atom is 0.314 e. The van der Waals surface area contributed by atoms with E-state index >= 15 is 0 Å². The summed E-state index contributed by atoms with van der Waals surface area (Å²) in [5.74, 6) is 0.468. The van der Waals surface area contributed by atoms with Gasteiger partial charge in [-0.25, -0.2) is 4.79 Å². The summed E-state index contributed by atoms with van der Waals surface area (Å²) >= 11 is 0. The molecule has 0 saturated carbocycles. The summed E-state index contributed by atoms with van der Waals surface area (Å²) in [5, 5.41) is 15.0. The largest absolute Gasteiger partial charge is 0.338 e. The van der Waals surface area contributed by atoms with E-state index in [1.54, 1.807) is 0 Å². The minimum atomic E-state index is -0.0908. The van der Waals surface area contributed by atoms with Gasteiger partial charge in [0.2, 0.25) is 0 Å². The lowest BCUT2D eigenvalue weighted by atomic mass is 9.97. The minimum Gasteiger partial charge on any atom is -0.338 e. The Morgan fingerprint density at radius 2 is 2.22 bits per heavy atom. The number of hydrogen-bond acceptors (Lipinski definition) is 3. The van der Waals surface area contributed by atoms with E-state index < -0.39 is 0 Å². The number of nitrogens with one attached hydrogen (secondary N) is 2. The highest BCUT2D eigenvalue weighted by molar-refractivity contribution is 5.74. The van der Waals surface area contributed by atoms with Crippen molar-refractivity contribution in [2.24, 2.45) is 5.92 Å². The van der Waals surface area contributed by atoms with Crippen LogP contribution in [0.25, 0.3) is 0 Å². The van der Waals surface area contributed by atoms with E-state index in [2.05, 4.69) is 21.6 Å². The molecule has 0 aromatic heterocycles. The second kappa shape index (κ2) is 8.54. The molecule has 1 heterocycles. The highest BCUT2D eigenvalue weighted by Crippen LogP contribution is 2.19. The Balaban J connectivity index is 1.84. The number of rotatable bonds is 5. The minimum absolute atomic E-state index is 0.0908. The Morgan fingerprint density at radius 3 is 2.96 bits per heavy atom. The lowest BCUT2D eigenvalue weighted by Gasteiger charge is -2.33. The van der Waals surface area contributed by atoms with Crippen LogP contribution in [0.4, 0.5) is 4.79 Å². The lowest BCUT2D eigenvalue weighted by Crippen LogP contribution is -2.45. The van der Waals surface area contributed by atoms with Crippen molar-refractivity contribution in [1.29, 1.82) is 5.26 Å². The van der Waals surface area contributed by atoms with Crippen LogP contribution in [-0.4, -0.2) is 36.6 Å². The number of nitrogens with zero attached hydrogens (tertiary/aromatic N) is 2. The number of amides is 2. The number of benzene rings is 1. The van der Waals surface area contributed by atoms with Crippen LogP contribution in [0.15, 0.2) is 24.3 Å². The molecule has 5 nitrogen and oxygen atoms in total. The van der Waals surface area contributed by atoms with Crippen LogP contribution in [0, 0.1) is 17.2 Å². The van der Waals surface area contributed by atoms with Crippen molar-refractivity contribution < 1.29 is 4.79 Å². The van der Waals surface area contributed by atoms with Crippen molar-refractivity contribution in [2.45, 2.75) is 39.3 Å². The fraction of sp³-hybridized carbons (Fsp3) is 0.556. The smallest absolute Gasteiger partial charge is 0.314 e. The molecule has 0 aliphatic carbocycles. The summed E-state index contributed by atoms with van der Waals surface area (Å²) in [6.45, 7) is 7.42. The van der Waals surface area contributed by atoms with Gasteiger partial charge in [-0.3, -0.25) is 4.90 Å². The lowest BCUT2D eigenvalue weighted by molar-refractivity contribution is 0.165. The third-order valence-electron chi connectivity index (χ3n) is 4.11. The Labute approximate surface area is 138 Å². The van der Waals surface area contributed by atoms with E-state index in [9.17, 15) is 10.1 Å². The Bertz CT molecular complexity index is 564. The third kappa shape index (κ3) is 5.57. The fourth-order valence-corrected chi connectivity index (χ4v) is 3.02. The molecule has 124 valence electrons. The average Bonchev–Trinajstić information content (AvgIpc) is 2.53. The van der Waals surface area contributed by atoms with Gasteiger partial charge in [-0.05, 0) is 50.8 Å². The van der Waals surface area contributed by atoms with Gasteiger partial charge in [0.25, 0.3) is 0 Å². The van der Waals surface area contributed by atoms with Crippen molar-refractivity contribution in [3.05, 3.63) is 35.4 Å². The molecule has 2 rings (SSSR count). The van der Waals surface area contributed by atoms with E-state index in [1.165, 1.54) is 0 Å². The van der Waals surface area contributed by atoms with Gasteiger partial charge < -0.3 is 10.6 Å². The molecule has 5 heteroatoms. The highest BCUT2D eigenvalue weighted by atomic mass is 16.2. The number of urea groups is 1. The number of carbonyl (C=O) groups is 1. The first kappa shape index (κ1) is 17.3. The first-order chi connectivity index (χ1) is 11.1. The van der Waals surface area contributed by atoms with Crippen LogP contribution < -0.4 is 10.6 Å². The van der Waals surface area contributed by atoms with E-state index in [4.69, 9.17) is 0 Å². The summed E-state index contributed by atoms with van der Waals surface area (Å²) < 4.78 is 0. The van der Waals surface area contributed by atoms with Crippen molar-refractivity contribution in [1.82, 2.24) is 15.5 Å². The van der Waals surface area contributed by atoms with Gasteiger partial charge in [0, 0.05) is 25.7 Å². The van der Waals surface area contributed by atoms with Gasteiger partial charge in [-0.15, -0.1) is 0 Å². The number of likely N-dealkylation sites (tertiary alicyclic amines) is 1. The second-order valence-electron chi connectivity index (χ2n) is 6.52. The van der Waals surface area contributed by atoms with Crippen molar-refractivity contribution >= 4 is 6.03 Å². The molecule has 0 spiro atoms. The van der Waals surface area contributed by atoms with Crippen LogP contribution >= 0.6 is 0 Å². The molecular weight excluding hydrogens is 288 g/mol. The first-order valence-electron chi connectivity index (χ1n) is 8.33. The van der Waals surface area contributed by atoms with Gasteiger partial charge in [0.15, 0.2) is 0 Å². The molecule has 1 aromatic carbocycles. The van der Waals surface area contributed by atoms with Crippen LogP contribution in [0.5, 0.6) is 0 Å². The molecule has 1 fully saturated rings. The Kier molecular flexibility index (Phi) is 6.42. The van der Waals surface area contributed by atoms with Crippen LogP contribution in [0.2, 0.25) is 0 Å². The maximum absolute atomic E-state index is 11.7. The first-order valence-corrected chi connectivity index (χ1v) is 8.33. The van der Waals surface area contributed by atoms with Gasteiger partial charge in [-0.2, -0.15) is 5.26 Å². The summed E-state index contributed by atoms with van der Waals surface area (Å²) in [4.78, 5) is 14.1. The molecule has 1 aliphatic heterocycles. The summed E-state index contributed by atoms with van der Waals surface area (Å²) in [6.07, 6.45) is 2.27. The van der Waals surface area contributed by atoms with Crippen LogP contribution in [-0.2, 0) is 6.54 Å². The van der Waals surface area contributed by atoms with Crippen LogP contribution in [0.1, 0.15) is 37.8 Å². The third-order valence-corrected chi connectivity index (χ3v) is 4.11. The van der Waals surface area contributed by atoms with Gasteiger partial charge in [-0.1, -0.05) is 18.2 Å². The molecule has 0 unspecified atom stereocenters. The highest BCUT2D eigenvalue weighted by Gasteiger charge is 2.21. The second-order valence-corrected chi connectivity index (χ2v) is 6.52. The molecule has 1 aliphatic rings. The molecule has 1 saturated heterocycles. The average molecular weight is 314 g/mol. The molecule has 2 N–H and O–H groups in total. The van der Waals surface area contributed by atoms with E-state index in [1.807, 2.05) is 38.1 Å². The summed E-state index contributed by atoms with van der Waals surface area (Å²) in [5.41, 5.74) is 1.84. The van der Waals surface area contributed by atoms with Crippen molar-refractivity contribution in [2.75, 3.05) is 19.6 Å². The molecule has 2 amide bonds. The van der Waals surface area contributed by atoms with Crippen molar-refractivity contribution in [3.63, 3.8) is 0 Å². The summed E-state index contributed by atoms with van der Waals surface area (Å²) in [7, 11) is 0. The monoisotopic (exact) mass is 314 g/mol. The molecule has 1 atom stereocenters. The van der Waals surface area contributed by atoms with Gasteiger partial charge >= 0.3 is 6.03 Å². The zero-order valence-electron chi connectivity index (χ0n) is 14.0. The van der Waals surface area contributed by atoms with Crippen LogP contribution in [0.3, 0.4) is 0 Å². The molecule has 23 heavy (non-hydrogen) atoms. The molecule has 0 radical (unpaired) electrons.